The van der Waals surface area contributed by atoms with E-state index >= 15 is 0 Å². The number of benzene rings is 1. The molecular weight excluding hydrogens is 260 g/mol. The van der Waals surface area contributed by atoms with Gasteiger partial charge in [-0.15, -0.1) is 0 Å². The number of Topliss-reactive ketones (excluding diaryl/α,β-unsaturated/α-hetero) is 1. The molecule has 0 radical (unpaired) electrons. The summed E-state index contributed by atoms with van der Waals surface area (Å²) in [5.74, 6) is 1.97. The van der Waals surface area contributed by atoms with Crippen molar-refractivity contribution in [3.05, 3.63) is 28.8 Å². The lowest BCUT2D eigenvalue weighted by molar-refractivity contribution is -0.128. The van der Waals surface area contributed by atoms with E-state index in [1.54, 1.807) is 7.11 Å². The molecule has 0 bridgehead atoms. The summed E-state index contributed by atoms with van der Waals surface area (Å²) < 4.78 is 5.63. The average molecular weight is 288 g/mol. The maximum Gasteiger partial charge on any atom is 0.137 e. The van der Waals surface area contributed by atoms with E-state index in [0.717, 1.165) is 25.0 Å². The smallest absolute Gasteiger partial charge is 0.137 e. The van der Waals surface area contributed by atoms with Gasteiger partial charge in [-0.05, 0) is 49.8 Å². The lowest BCUT2D eigenvalue weighted by Crippen LogP contribution is -2.39. The predicted molar refractivity (Wildman–Crippen MR) is 87.0 cm³/mol. The quantitative estimate of drug-likeness (QED) is 0.813. The number of hydrogen-bond donors (Lipinski definition) is 0. The highest BCUT2D eigenvalue weighted by Gasteiger charge is 2.41. The van der Waals surface area contributed by atoms with E-state index in [9.17, 15) is 4.79 Å². The molecule has 0 N–H and O–H groups in total. The molecule has 21 heavy (non-hydrogen) atoms. The van der Waals surface area contributed by atoms with E-state index in [1.165, 1.54) is 16.7 Å². The van der Waals surface area contributed by atoms with Gasteiger partial charge in [0.15, 0.2) is 0 Å². The Morgan fingerprint density at radius 1 is 1.19 bits per heavy atom. The maximum absolute atomic E-state index is 12.6. The van der Waals surface area contributed by atoms with Gasteiger partial charge in [-0.2, -0.15) is 0 Å². The second-order valence-corrected chi connectivity index (χ2v) is 7.29. The highest BCUT2D eigenvalue weighted by Crippen LogP contribution is 2.45. The highest BCUT2D eigenvalue weighted by atomic mass is 16.5. The van der Waals surface area contributed by atoms with Crippen LogP contribution in [0.2, 0.25) is 0 Å². The van der Waals surface area contributed by atoms with Crippen LogP contribution in [0.4, 0.5) is 0 Å². The monoisotopic (exact) mass is 288 g/mol. The molecular formula is C19H28O2. The van der Waals surface area contributed by atoms with Crippen molar-refractivity contribution in [3.8, 4) is 5.75 Å². The van der Waals surface area contributed by atoms with Crippen molar-refractivity contribution in [2.24, 2.45) is 11.8 Å². The van der Waals surface area contributed by atoms with Crippen molar-refractivity contribution >= 4 is 5.78 Å². The maximum atomic E-state index is 12.6. The van der Waals surface area contributed by atoms with Crippen LogP contribution < -0.4 is 4.74 Å². The third kappa shape index (κ3) is 3.00. The van der Waals surface area contributed by atoms with Crippen LogP contribution in [0.1, 0.15) is 56.7 Å². The fraction of sp³-hybridized carbons (Fsp3) is 0.632. The SMILES string of the molecule is COc1cc(C)cc(C)c1C(C)(C)C1CCC(C)CC1=O. The zero-order valence-electron chi connectivity index (χ0n) is 14.2. The lowest BCUT2D eigenvalue weighted by Gasteiger charge is -2.39. The summed E-state index contributed by atoms with van der Waals surface area (Å²) in [5.41, 5.74) is 3.44. The summed E-state index contributed by atoms with van der Waals surface area (Å²) in [4.78, 5) is 12.6. The van der Waals surface area contributed by atoms with E-state index in [0.29, 0.717) is 11.7 Å². The molecule has 1 aliphatic rings. The second kappa shape index (κ2) is 5.82. The fourth-order valence-electron chi connectivity index (χ4n) is 4.05. The van der Waals surface area contributed by atoms with Gasteiger partial charge in [0.2, 0.25) is 0 Å². The van der Waals surface area contributed by atoms with Gasteiger partial charge in [-0.3, -0.25) is 4.79 Å². The largest absolute Gasteiger partial charge is 0.496 e. The van der Waals surface area contributed by atoms with Gasteiger partial charge in [0.05, 0.1) is 7.11 Å². The first-order valence-electron chi connectivity index (χ1n) is 7.95. The number of carbonyl (C=O) groups excluding carboxylic acids is 1. The molecule has 0 spiro atoms. The molecule has 2 rings (SSSR count). The molecule has 0 aromatic heterocycles. The van der Waals surface area contributed by atoms with Gasteiger partial charge in [0.1, 0.15) is 11.5 Å². The van der Waals surface area contributed by atoms with E-state index in [4.69, 9.17) is 4.74 Å². The van der Waals surface area contributed by atoms with Gasteiger partial charge < -0.3 is 4.74 Å². The van der Waals surface area contributed by atoms with Crippen molar-refractivity contribution in [1.82, 2.24) is 0 Å². The van der Waals surface area contributed by atoms with Gasteiger partial charge in [-0.1, -0.05) is 26.8 Å². The third-order valence-electron chi connectivity index (χ3n) is 5.07. The van der Waals surface area contributed by atoms with Crippen molar-refractivity contribution in [2.45, 2.75) is 59.3 Å². The lowest BCUT2D eigenvalue weighted by atomic mass is 9.64. The van der Waals surface area contributed by atoms with E-state index < -0.39 is 0 Å². The molecule has 2 unspecified atom stereocenters. The van der Waals surface area contributed by atoms with Gasteiger partial charge in [-0.25, -0.2) is 0 Å². The number of hydrogen-bond acceptors (Lipinski definition) is 2. The van der Waals surface area contributed by atoms with Crippen LogP contribution >= 0.6 is 0 Å². The zero-order valence-corrected chi connectivity index (χ0v) is 14.2. The Balaban J connectivity index is 2.46. The minimum absolute atomic E-state index is 0.101. The standard InChI is InChI=1S/C19H28O2/c1-12-7-8-15(16(20)10-12)19(4,5)18-14(3)9-13(2)11-17(18)21-6/h9,11-12,15H,7-8,10H2,1-6H3. The third-order valence-corrected chi connectivity index (χ3v) is 5.07. The molecule has 1 aromatic rings. The van der Waals surface area contributed by atoms with Crippen LogP contribution in [-0.4, -0.2) is 12.9 Å². The Labute approximate surface area is 128 Å². The Bertz CT molecular complexity index is 543. The van der Waals surface area contributed by atoms with Crippen LogP contribution in [0.15, 0.2) is 12.1 Å². The zero-order chi connectivity index (χ0) is 15.8. The molecule has 0 heterocycles. The number of methoxy groups -OCH3 is 1. The Kier molecular flexibility index (Phi) is 4.46. The number of rotatable bonds is 3. The number of aryl methyl sites for hydroxylation is 2. The molecule has 1 aliphatic carbocycles. The van der Waals surface area contributed by atoms with Gasteiger partial charge >= 0.3 is 0 Å². The fourth-order valence-corrected chi connectivity index (χ4v) is 4.05. The first-order valence-corrected chi connectivity index (χ1v) is 7.95. The second-order valence-electron chi connectivity index (χ2n) is 7.29. The van der Waals surface area contributed by atoms with Crippen LogP contribution in [0, 0.1) is 25.7 Å². The minimum atomic E-state index is -0.180. The molecule has 1 aromatic carbocycles. The van der Waals surface area contributed by atoms with Crippen LogP contribution in [-0.2, 0) is 10.2 Å². The van der Waals surface area contributed by atoms with E-state index in [-0.39, 0.29) is 11.3 Å². The summed E-state index contributed by atoms with van der Waals surface area (Å²) in [6.45, 7) is 10.8. The molecule has 2 heteroatoms. The average Bonchev–Trinajstić information content (AvgIpc) is 2.36. The van der Waals surface area contributed by atoms with Gasteiger partial charge in [0.25, 0.3) is 0 Å². The molecule has 2 nitrogen and oxygen atoms in total. The van der Waals surface area contributed by atoms with Crippen LogP contribution in [0.25, 0.3) is 0 Å². The molecule has 0 saturated heterocycles. The molecule has 2 atom stereocenters. The number of carbonyl (C=O) groups is 1. The highest BCUT2D eigenvalue weighted by molar-refractivity contribution is 5.84. The summed E-state index contributed by atoms with van der Waals surface area (Å²) in [6, 6.07) is 4.27. The summed E-state index contributed by atoms with van der Waals surface area (Å²) in [7, 11) is 1.72. The van der Waals surface area contributed by atoms with Crippen molar-refractivity contribution in [1.29, 1.82) is 0 Å². The molecule has 0 amide bonds. The van der Waals surface area contributed by atoms with E-state index in [2.05, 4.69) is 46.8 Å². The van der Waals surface area contributed by atoms with Crippen molar-refractivity contribution in [3.63, 3.8) is 0 Å². The van der Waals surface area contributed by atoms with E-state index in [1.807, 2.05) is 0 Å². The minimum Gasteiger partial charge on any atom is -0.496 e. The van der Waals surface area contributed by atoms with Crippen LogP contribution in [0.5, 0.6) is 5.75 Å². The summed E-state index contributed by atoms with van der Waals surface area (Å²) >= 11 is 0. The Hall–Kier alpha value is -1.31. The molecule has 1 saturated carbocycles. The van der Waals surface area contributed by atoms with Crippen molar-refractivity contribution in [2.75, 3.05) is 7.11 Å². The number of ether oxygens (including phenoxy) is 1. The normalized spacial score (nSPS) is 23.2. The first kappa shape index (κ1) is 16.1. The Morgan fingerprint density at radius 3 is 2.43 bits per heavy atom. The van der Waals surface area contributed by atoms with Crippen molar-refractivity contribution < 1.29 is 9.53 Å². The molecule has 1 fully saturated rings. The topological polar surface area (TPSA) is 26.3 Å². The number of ketones is 1. The predicted octanol–water partition coefficient (Wildman–Crippen LogP) is 4.59. The van der Waals surface area contributed by atoms with Gasteiger partial charge in [0, 0.05) is 23.3 Å². The molecule has 0 aliphatic heterocycles. The summed E-state index contributed by atoms with van der Waals surface area (Å²) in [6.07, 6.45) is 2.86. The molecule has 116 valence electrons. The first-order chi connectivity index (χ1) is 9.77. The van der Waals surface area contributed by atoms with Crippen LogP contribution in [0.3, 0.4) is 0 Å². The Morgan fingerprint density at radius 2 is 1.86 bits per heavy atom. The summed E-state index contributed by atoms with van der Waals surface area (Å²) in [5, 5.41) is 0.